The second-order valence-electron chi connectivity index (χ2n) is 12.5. The number of rotatable bonds is 8. The van der Waals surface area contributed by atoms with Gasteiger partial charge in [0.05, 0.1) is 42.5 Å². The lowest BCUT2D eigenvalue weighted by atomic mass is 9.77. The van der Waals surface area contributed by atoms with Crippen molar-refractivity contribution in [3.63, 3.8) is 0 Å². The minimum atomic E-state index is -5.24. The molecule has 3 aromatic rings. The van der Waals surface area contributed by atoms with Crippen LogP contribution in [0.2, 0.25) is 0 Å². The molecule has 0 aliphatic heterocycles. The Morgan fingerprint density at radius 2 is 1.28 bits per heavy atom. The van der Waals surface area contributed by atoms with Gasteiger partial charge in [-0.25, -0.2) is 4.79 Å². The summed E-state index contributed by atoms with van der Waals surface area (Å²) in [7, 11) is 1.34. The predicted octanol–water partition coefficient (Wildman–Crippen LogP) is 10.3. The first-order valence-corrected chi connectivity index (χ1v) is 14.2. The van der Waals surface area contributed by atoms with Crippen molar-refractivity contribution in [3.05, 3.63) is 88.0 Å². The highest BCUT2D eigenvalue weighted by molar-refractivity contribution is 5.76. The first-order valence-electron chi connectivity index (χ1n) is 14.2. The maximum absolute atomic E-state index is 14.1. The minimum absolute atomic E-state index is 0.0318. The van der Waals surface area contributed by atoms with E-state index in [0.29, 0.717) is 10.5 Å². The molecule has 3 rings (SSSR count). The molecule has 2 atom stereocenters. The summed E-state index contributed by atoms with van der Waals surface area (Å²) in [4.78, 5) is 13.3. The van der Waals surface area contributed by atoms with Crippen LogP contribution in [0.3, 0.4) is 0 Å². The fourth-order valence-corrected chi connectivity index (χ4v) is 5.36. The number of halogens is 9. The monoisotopic (exact) mass is 679 g/mol. The van der Waals surface area contributed by atoms with E-state index in [4.69, 9.17) is 4.74 Å². The van der Waals surface area contributed by atoms with Gasteiger partial charge in [-0.1, -0.05) is 46.8 Å². The van der Waals surface area contributed by atoms with Gasteiger partial charge in [-0.15, -0.1) is 0 Å². The van der Waals surface area contributed by atoms with Crippen LogP contribution < -0.4 is 4.74 Å². The first kappa shape index (κ1) is 37.5. The highest BCUT2D eigenvalue weighted by Crippen LogP contribution is 2.47. The number of hydrogen-bond donors (Lipinski definition) is 2. The van der Waals surface area contributed by atoms with Crippen LogP contribution in [0.5, 0.6) is 5.75 Å². The van der Waals surface area contributed by atoms with Crippen molar-refractivity contribution in [2.75, 3.05) is 13.7 Å². The molecule has 0 aliphatic rings. The lowest BCUT2D eigenvalue weighted by Gasteiger charge is -2.41. The average molecular weight is 680 g/mol. The van der Waals surface area contributed by atoms with Crippen LogP contribution in [0, 0.1) is 5.41 Å². The van der Waals surface area contributed by atoms with Crippen LogP contribution in [0.1, 0.15) is 86.1 Å². The maximum Gasteiger partial charge on any atom is 0.416 e. The van der Waals surface area contributed by atoms with E-state index in [9.17, 15) is 54.5 Å². The molecule has 0 saturated heterocycles. The molecule has 14 heteroatoms. The van der Waals surface area contributed by atoms with Crippen molar-refractivity contribution in [2.24, 2.45) is 5.41 Å². The van der Waals surface area contributed by atoms with Gasteiger partial charge in [-0.2, -0.15) is 39.5 Å². The second-order valence-corrected chi connectivity index (χ2v) is 12.5. The SMILES string of the molecule is COc1ccc(C(C)C)cc1-c1ccc(C(F)(F)F)cc1C(N(CC(O)c1cc(C(F)(F)F)cc(C(F)(F)F)c1)C(=O)O)C(C)(C)C. The number of amides is 1. The van der Waals surface area contributed by atoms with E-state index in [-0.39, 0.29) is 41.0 Å². The molecule has 0 aliphatic carbocycles. The zero-order valence-electron chi connectivity index (χ0n) is 26.2. The van der Waals surface area contributed by atoms with E-state index < -0.39 is 71.0 Å². The van der Waals surface area contributed by atoms with Crippen molar-refractivity contribution in [3.8, 4) is 16.9 Å². The van der Waals surface area contributed by atoms with Crippen molar-refractivity contribution < 1.29 is 59.3 Å². The molecule has 0 saturated carbocycles. The minimum Gasteiger partial charge on any atom is -0.496 e. The number of aliphatic hydroxyl groups excluding tert-OH is 1. The molecule has 2 unspecified atom stereocenters. The molecule has 0 heterocycles. The lowest BCUT2D eigenvalue weighted by molar-refractivity contribution is -0.143. The Balaban J connectivity index is 2.32. The van der Waals surface area contributed by atoms with Crippen LogP contribution in [0.15, 0.2) is 54.6 Å². The van der Waals surface area contributed by atoms with Gasteiger partial charge >= 0.3 is 24.6 Å². The number of carboxylic acid groups (broad SMARTS) is 1. The normalized spacial score (nSPS) is 14.2. The molecule has 258 valence electrons. The van der Waals surface area contributed by atoms with E-state index in [0.717, 1.165) is 23.8 Å². The summed E-state index contributed by atoms with van der Waals surface area (Å²) in [6, 6.07) is 6.61. The molecule has 0 aromatic heterocycles. The Morgan fingerprint density at radius 3 is 1.70 bits per heavy atom. The summed E-state index contributed by atoms with van der Waals surface area (Å²) in [6.07, 6.45) is -19.4. The highest BCUT2D eigenvalue weighted by Gasteiger charge is 2.42. The zero-order chi connectivity index (χ0) is 35.9. The molecule has 0 fully saturated rings. The van der Waals surface area contributed by atoms with Crippen molar-refractivity contribution in [2.45, 2.75) is 71.2 Å². The second kappa shape index (κ2) is 13.3. The Hall–Kier alpha value is -3.94. The van der Waals surface area contributed by atoms with Gasteiger partial charge in [-0.05, 0) is 76.1 Å². The van der Waals surface area contributed by atoms with Gasteiger partial charge < -0.3 is 14.9 Å². The summed E-state index contributed by atoms with van der Waals surface area (Å²) in [5.41, 5.74) is -5.68. The largest absolute Gasteiger partial charge is 0.496 e. The molecular formula is C33H34F9NO4. The van der Waals surface area contributed by atoms with Gasteiger partial charge in [0.25, 0.3) is 0 Å². The van der Waals surface area contributed by atoms with Crippen LogP contribution in [0.4, 0.5) is 44.3 Å². The van der Waals surface area contributed by atoms with E-state index in [1.807, 2.05) is 13.8 Å². The number of methoxy groups -OCH3 is 1. The number of alkyl halides is 9. The Morgan fingerprint density at radius 1 is 0.745 bits per heavy atom. The van der Waals surface area contributed by atoms with Gasteiger partial charge in [0, 0.05) is 5.56 Å². The summed E-state index contributed by atoms with van der Waals surface area (Å²) in [5.74, 6) is 0.212. The number of aliphatic hydroxyl groups is 1. The molecule has 2 N–H and O–H groups in total. The van der Waals surface area contributed by atoms with E-state index >= 15 is 0 Å². The van der Waals surface area contributed by atoms with E-state index in [2.05, 4.69) is 0 Å². The number of nitrogens with zero attached hydrogens (tertiary/aromatic N) is 1. The molecule has 3 aromatic carbocycles. The summed E-state index contributed by atoms with van der Waals surface area (Å²) in [5, 5.41) is 21.3. The van der Waals surface area contributed by atoms with Crippen LogP contribution in [-0.4, -0.2) is 34.9 Å². The fraction of sp³-hybridized carbons (Fsp3) is 0.424. The molecule has 0 bridgehead atoms. The Bertz CT molecular complexity index is 1560. The zero-order valence-corrected chi connectivity index (χ0v) is 26.2. The number of carbonyl (C=O) groups is 1. The van der Waals surface area contributed by atoms with Crippen LogP contribution in [0.25, 0.3) is 11.1 Å². The molecule has 5 nitrogen and oxygen atoms in total. The maximum atomic E-state index is 14.1. The Labute approximate surface area is 265 Å². The molecule has 47 heavy (non-hydrogen) atoms. The van der Waals surface area contributed by atoms with Gasteiger partial charge in [0.1, 0.15) is 5.75 Å². The highest BCUT2D eigenvalue weighted by atomic mass is 19.4. The molecule has 0 spiro atoms. The third-order valence-electron chi connectivity index (χ3n) is 7.60. The van der Waals surface area contributed by atoms with Crippen molar-refractivity contribution in [1.29, 1.82) is 0 Å². The standard InChI is InChI=1S/C33H34F9NO4/c1-17(2)18-7-10-27(47-6)24(13-18)23-9-8-20(31(34,35)36)15-25(23)28(30(3,4)5)43(29(45)46)16-26(44)19-11-21(32(37,38)39)14-22(12-19)33(40,41)42/h7-15,17,26,28,44H,16H2,1-6H3,(H,45,46). The summed E-state index contributed by atoms with van der Waals surface area (Å²) in [6.45, 7) is 7.16. The van der Waals surface area contributed by atoms with Crippen molar-refractivity contribution >= 4 is 6.09 Å². The summed E-state index contributed by atoms with van der Waals surface area (Å²) >= 11 is 0. The summed E-state index contributed by atoms with van der Waals surface area (Å²) < 4.78 is 129. The van der Waals surface area contributed by atoms with Gasteiger partial charge in [0.2, 0.25) is 0 Å². The molecule has 1 amide bonds. The lowest BCUT2D eigenvalue weighted by Crippen LogP contribution is -2.43. The topological polar surface area (TPSA) is 70.0 Å². The van der Waals surface area contributed by atoms with Gasteiger partial charge in [-0.3, -0.25) is 4.90 Å². The first-order chi connectivity index (χ1) is 21.4. The number of hydrogen-bond acceptors (Lipinski definition) is 3. The molecule has 0 radical (unpaired) electrons. The third kappa shape index (κ3) is 8.70. The smallest absolute Gasteiger partial charge is 0.416 e. The van der Waals surface area contributed by atoms with E-state index in [1.54, 1.807) is 18.2 Å². The third-order valence-corrected chi connectivity index (χ3v) is 7.60. The van der Waals surface area contributed by atoms with E-state index in [1.165, 1.54) is 27.9 Å². The average Bonchev–Trinajstić information content (AvgIpc) is 2.93. The van der Waals surface area contributed by atoms with Crippen LogP contribution >= 0.6 is 0 Å². The number of ether oxygens (including phenoxy) is 1. The predicted molar refractivity (Wildman–Crippen MR) is 156 cm³/mol. The Kier molecular flexibility index (Phi) is 10.6. The van der Waals surface area contributed by atoms with Gasteiger partial charge in [0.15, 0.2) is 0 Å². The quantitative estimate of drug-likeness (QED) is 0.233. The van der Waals surface area contributed by atoms with Crippen LogP contribution in [-0.2, 0) is 18.5 Å². The fourth-order valence-electron chi connectivity index (χ4n) is 5.36. The molecular weight excluding hydrogens is 645 g/mol. The number of benzene rings is 3. The van der Waals surface area contributed by atoms with Crippen molar-refractivity contribution in [1.82, 2.24) is 4.90 Å².